The predicted octanol–water partition coefficient (Wildman–Crippen LogP) is 5.51. The summed E-state index contributed by atoms with van der Waals surface area (Å²) in [5.74, 6) is -0.328. The quantitative estimate of drug-likeness (QED) is 0.716. The second-order valence-corrected chi connectivity index (χ2v) is 6.82. The predicted molar refractivity (Wildman–Crippen MR) is 90.8 cm³/mol. The number of hydrogen-bond acceptors (Lipinski definition) is 2. The summed E-state index contributed by atoms with van der Waals surface area (Å²) in [6, 6.07) is 4.71. The minimum atomic E-state index is -4.46. The normalized spacial score (nSPS) is 24.5. The molecule has 1 aromatic rings. The Morgan fingerprint density at radius 3 is 2.44 bits per heavy atom. The maximum Gasteiger partial charge on any atom is 0.416 e. The lowest BCUT2D eigenvalue weighted by Gasteiger charge is -2.45. The first-order chi connectivity index (χ1) is 11.9. The first-order valence-corrected chi connectivity index (χ1v) is 9.08. The van der Waals surface area contributed by atoms with Crippen LogP contribution in [0.2, 0.25) is 0 Å². The number of allylic oxidation sites excluding steroid dienone is 2. The fourth-order valence-corrected chi connectivity index (χ4v) is 4.42. The molecule has 1 heterocycles. The van der Waals surface area contributed by atoms with E-state index in [0.717, 1.165) is 37.4 Å². The van der Waals surface area contributed by atoms with Gasteiger partial charge >= 0.3 is 6.18 Å². The summed E-state index contributed by atoms with van der Waals surface area (Å²) in [7, 11) is 0. The number of nitrogens with zero attached hydrogens (tertiary/aromatic N) is 1. The Labute approximate surface area is 146 Å². The summed E-state index contributed by atoms with van der Waals surface area (Å²) < 4.78 is 40.6. The zero-order valence-electron chi connectivity index (χ0n) is 14.7. The maximum atomic E-state index is 13.5. The number of rotatable bonds is 3. The van der Waals surface area contributed by atoms with Crippen molar-refractivity contribution in [1.82, 2.24) is 4.90 Å². The second-order valence-electron chi connectivity index (χ2n) is 6.82. The molecule has 1 aliphatic carbocycles. The van der Waals surface area contributed by atoms with Gasteiger partial charge in [0, 0.05) is 18.2 Å². The zero-order chi connectivity index (χ0) is 18.2. The van der Waals surface area contributed by atoms with Gasteiger partial charge in [-0.25, -0.2) is 0 Å². The minimum absolute atomic E-state index is 0.0818. The molecule has 3 rings (SSSR count). The lowest BCUT2D eigenvalue weighted by molar-refractivity contribution is -0.139. The molecule has 0 saturated carbocycles. The van der Waals surface area contributed by atoms with Crippen LogP contribution in [0.4, 0.5) is 13.2 Å². The van der Waals surface area contributed by atoms with E-state index in [-0.39, 0.29) is 17.3 Å². The van der Waals surface area contributed by atoms with E-state index < -0.39 is 17.8 Å². The molecule has 2 nitrogen and oxygen atoms in total. The van der Waals surface area contributed by atoms with Gasteiger partial charge in [-0.15, -0.1) is 0 Å². The van der Waals surface area contributed by atoms with Crippen molar-refractivity contribution in [2.45, 2.75) is 58.2 Å². The van der Waals surface area contributed by atoms with Crippen molar-refractivity contribution in [2.24, 2.45) is 5.92 Å². The van der Waals surface area contributed by atoms with Gasteiger partial charge in [0.1, 0.15) is 6.04 Å². The molecular formula is C20H24F3NO. The number of likely N-dealkylation sites (N-methyl/N-ethyl adjacent to an activating group) is 1. The molecule has 136 valence electrons. The summed E-state index contributed by atoms with van der Waals surface area (Å²) in [5, 5.41) is 0. The standard InChI is InChI=1S/C20H24F3NO/c1-3-13-14-9-6-8-12-17(14)24(4-2)18(19(13)25)15-10-5-7-11-16(15)20(21,22)23/h5,7,10-11,13,18H,3-4,6,8-9,12H2,1-2H3. The molecule has 0 bridgehead atoms. The number of Topliss-reactive ketones (excluding diaryl/α,β-unsaturated/α-hetero) is 1. The van der Waals surface area contributed by atoms with Gasteiger partial charge in [-0.1, -0.05) is 25.1 Å². The first-order valence-electron chi connectivity index (χ1n) is 9.08. The lowest BCUT2D eigenvalue weighted by Crippen LogP contribution is -2.44. The van der Waals surface area contributed by atoms with E-state index in [4.69, 9.17) is 0 Å². The Morgan fingerprint density at radius 1 is 1.12 bits per heavy atom. The van der Waals surface area contributed by atoms with Crippen molar-refractivity contribution in [3.63, 3.8) is 0 Å². The highest BCUT2D eigenvalue weighted by molar-refractivity contribution is 5.91. The average molecular weight is 351 g/mol. The van der Waals surface area contributed by atoms with Crippen molar-refractivity contribution < 1.29 is 18.0 Å². The summed E-state index contributed by atoms with van der Waals surface area (Å²) >= 11 is 0. The van der Waals surface area contributed by atoms with E-state index in [1.54, 1.807) is 6.07 Å². The Bertz CT molecular complexity index is 692. The van der Waals surface area contributed by atoms with E-state index >= 15 is 0 Å². The van der Waals surface area contributed by atoms with Crippen molar-refractivity contribution >= 4 is 5.78 Å². The van der Waals surface area contributed by atoms with E-state index in [2.05, 4.69) is 0 Å². The van der Waals surface area contributed by atoms with Gasteiger partial charge in [-0.05, 0) is 56.2 Å². The third-order valence-electron chi connectivity index (χ3n) is 5.48. The van der Waals surface area contributed by atoms with Crippen LogP contribution in [0.25, 0.3) is 0 Å². The number of carbonyl (C=O) groups excluding carboxylic acids is 1. The number of halogens is 3. The second kappa shape index (κ2) is 6.85. The molecule has 0 amide bonds. The molecule has 2 atom stereocenters. The molecular weight excluding hydrogens is 327 g/mol. The molecule has 0 aromatic heterocycles. The molecule has 2 unspecified atom stereocenters. The van der Waals surface area contributed by atoms with Crippen LogP contribution in [0.1, 0.15) is 63.1 Å². The lowest BCUT2D eigenvalue weighted by atomic mass is 9.75. The highest BCUT2D eigenvalue weighted by Gasteiger charge is 2.44. The van der Waals surface area contributed by atoms with Crippen molar-refractivity contribution in [1.29, 1.82) is 0 Å². The minimum Gasteiger partial charge on any atom is -0.361 e. The highest BCUT2D eigenvalue weighted by Crippen LogP contribution is 2.46. The topological polar surface area (TPSA) is 20.3 Å². The van der Waals surface area contributed by atoms with E-state index in [9.17, 15) is 18.0 Å². The van der Waals surface area contributed by atoms with Crippen LogP contribution in [0.15, 0.2) is 35.5 Å². The van der Waals surface area contributed by atoms with Crippen LogP contribution in [-0.4, -0.2) is 17.2 Å². The molecule has 0 fully saturated rings. The van der Waals surface area contributed by atoms with E-state index in [0.29, 0.717) is 13.0 Å². The monoisotopic (exact) mass is 351 g/mol. The Balaban J connectivity index is 2.16. The van der Waals surface area contributed by atoms with Gasteiger partial charge < -0.3 is 4.90 Å². The summed E-state index contributed by atoms with van der Waals surface area (Å²) in [6.45, 7) is 4.41. The molecule has 2 aliphatic rings. The summed E-state index contributed by atoms with van der Waals surface area (Å²) in [5.41, 5.74) is 1.68. The van der Waals surface area contributed by atoms with Crippen molar-refractivity contribution in [2.75, 3.05) is 6.54 Å². The fourth-order valence-electron chi connectivity index (χ4n) is 4.42. The molecule has 1 aromatic carbocycles. The molecule has 0 spiro atoms. The number of alkyl halides is 3. The number of ketones is 1. The largest absolute Gasteiger partial charge is 0.416 e. The Kier molecular flexibility index (Phi) is 4.94. The van der Waals surface area contributed by atoms with E-state index in [1.807, 2.05) is 18.7 Å². The van der Waals surface area contributed by atoms with Gasteiger partial charge in [0.25, 0.3) is 0 Å². The zero-order valence-corrected chi connectivity index (χ0v) is 14.7. The van der Waals surface area contributed by atoms with E-state index in [1.165, 1.54) is 17.7 Å². The number of benzene rings is 1. The van der Waals surface area contributed by atoms with Crippen LogP contribution in [0, 0.1) is 5.92 Å². The Morgan fingerprint density at radius 2 is 1.80 bits per heavy atom. The van der Waals surface area contributed by atoms with Crippen LogP contribution < -0.4 is 0 Å². The van der Waals surface area contributed by atoms with Crippen LogP contribution in [0.3, 0.4) is 0 Å². The third kappa shape index (κ3) is 3.09. The van der Waals surface area contributed by atoms with Gasteiger partial charge in [0.2, 0.25) is 0 Å². The van der Waals surface area contributed by atoms with Crippen molar-refractivity contribution in [3.05, 3.63) is 46.7 Å². The maximum absolute atomic E-state index is 13.5. The summed E-state index contributed by atoms with van der Waals surface area (Å²) in [4.78, 5) is 15.1. The fraction of sp³-hybridized carbons (Fsp3) is 0.550. The van der Waals surface area contributed by atoms with Gasteiger partial charge in [-0.3, -0.25) is 4.79 Å². The molecule has 0 saturated heterocycles. The molecule has 0 radical (unpaired) electrons. The van der Waals surface area contributed by atoms with Gasteiger partial charge in [0.15, 0.2) is 5.78 Å². The molecule has 25 heavy (non-hydrogen) atoms. The first kappa shape index (κ1) is 18.0. The molecule has 1 aliphatic heterocycles. The van der Waals surface area contributed by atoms with Crippen LogP contribution in [-0.2, 0) is 11.0 Å². The Hall–Kier alpha value is -1.78. The van der Waals surface area contributed by atoms with Gasteiger partial charge in [-0.2, -0.15) is 13.2 Å². The third-order valence-corrected chi connectivity index (χ3v) is 5.48. The smallest absolute Gasteiger partial charge is 0.361 e. The van der Waals surface area contributed by atoms with Crippen LogP contribution >= 0.6 is 0 Å². The average Bonchev–Trinajstić information content (AvgIpc) is 2.60. The highest BCUT2D eigenvalue weighted by atomic mass is 19.4. The number of hydrogen-bond donors (Lipinski definition) is 0. The van der Waals surface area contributed by atoms with Crippen LogP contribution in [0.5, 0.6) is 0 Å². The summed E-state index contributed by atoms with van der Waals surface area (Å²) in [6.07, 6.45) is 0.0397. The number of carbonyl (C=O) groups is 1. The molecule has 0 N–H and O–H groups in total. The SMILES string of the molecule is CCC1C(=O)C(c2ccccc2C(F)(F)F)N(CC)C2=C1CCCC2. The molecule has 5 heteroatoms. The van der Waals surface area contributed by atoms with Gasteiger partial charge in [0.05, 0.1) is 5.56 Å². The van der Waals surface area contributed by atoms with Crippen molar-refractivity contribution in [3.8, 4) is 0 Å².